The first-order chi connectivity index (χ1) is 14.4. The van der Waals surface area contributed by atoms with Crippen LogP contribution in [0.25, 0.3) is 0 Å². The molecule has 1 amide bonds. The number of amides is 1. The number of nitrogens with one attached hydrogen (secondary N) is 1. The topological polar surface area (TPSA) is 78.8 Å². The summed E-state index contributed by atoms with van der Waals surface area (Å²) in [7, 11) is -3.86. The quantitative estimate of drug-likeness (QED) is 0.389. The molecule has 3 aromatic carbocycles. The monoisotopic (exact) mass is 485 g/mol. The van der Waals surface area contributed by atoms with Crippen LogP contribution < -0.4 is 5.43 Å². The number of benzene rings is 3. The summed E-state index contributed by atoms with van der Waals surface area (Å²) in [5, 5.41) is 3.93. The van der Waals surface area contributed by atoms with Gasteiger partial charge in [0.25, 0.3) is 5.91 Å². The first-order valence-electron chi connectivity index (χ1n) is 9.12. The van der Waals surface area contributed by atoms with Crippen LogP contribution in [0, 0.1) is 0 Å². The summed E-state index contributed by atoms with van der Waals surface area (Å²) in [6.07, 6.45) is 1.50. The summed E-state index contributed by atoms with van der Waals surface area (Å²) >= 11 is 3.37. The Morgan fingerprint density at radius 3 is 2.30 bits per heavy atom. The summed E-state index contributed by atoms with van der Waals surface area (Å²) in [6.45, 7) is -0.289. The molecular weight excluding hydrogens is 466 g/mol. The molecule has 3 aromatic rings. The average molecular weight is 486 g/mol. The van der Waals surface area contributed by atoms with E-state index >= 15 is 0 Å². The molecule has 30 heavy (non-hydrogen) atoms. The fourth-order valence-corrected chi connectivity index (χ4v) is 4.54. The van der Waals surface area contributed by atoms with Gasteiger partial charge in [-0.1, -0.05) is 76.6 Å². The number of carbonyl (C=O) groups is 1. The zero-order valence-corrected chi connectivity index (χ0v) is 18.4. The van der Waals surface area contributed by atoms with Gasteiger partial charge in [-0.05, 0) is 35.4 Å². The van der Waals surface area contributed by atoms with E-state index in [2.05, 4.69) is 26.5 Å². The molecule has 6 nitrogen and oxygen atoms in total. The Morgan fingerprint density at radius 2 is 1.63 bits per heavy atom. The minimum atomic E-state index is -3.86. The van der Waals surface area contributed by atoms with E-state index in [1.165, 1.54) is 18.3 Å². The zero-order chi connectivity index (χ0) is 21.4. The molecule has 0 aliphatic carbocycles. The fraction of sp³-hybridized carbons (Fsp3) is 0.0909. The van der Waals surface area contributed by atoms with Gasteiger partial charge in [-0.15, -0.1) is 0 Å². The molecule has 0 saturated carbocycles. The Labute approximate surface area is 184 Å². The van der Waals surface area contributed by atoms with Crippen LogP contribution in [0.3, 0.4) is 0 Å². The molecule has 0 heterocycles. The van der Waals surface area contributed by atoms with E-state index in [4.69, 9.17) is 0 Å². The maximum absolute atomic E-state index is 13.1. The predicted octanol–water partition coefficient (Wildman–Crippen LogP) is 3.79. The summed E-state index contributed by atoms with van der Waals surface area (Å²) in [5.41, 5.74) is 3.97. The molecule has 0 aromatic heterocycles. The lowest BCUT2D eigenvalue weighted by Gasteiger charge is -2.21. The van der Waals surface area contributed by atoms with Gasteiger partial charge in [0.15, 0.2) is 0 Å². The van der Waals surface area contributed by atoms with Gasteiger partial charge in [0.05, 0.1) is 17.7 Å². The molecule has 3 rings (SSSR count). The Kier molecular flexibility index (Phi) is 7.51. The van der Waals surface area contributed by atoms with Crippen molar-refractivity contribution in [3.8, 4) is 0 Å². The number of halogens is 1. The molecule has 0 fully saturated rings. The first-order valence-corrected chi connectivity index (χ1v) is 11.3. The predicted molar refractivity (Wildman–Crippen MR) is 120 cm³/mol. The van der Waals surface area contributed by atoms with E-state index in [9.17, 15) is 13.2 Å². The lowest BCUT2D eigenvalue weighted by atomic mass is 10.2. The van der Waals surface area contributed by atoms with Gasteiger partial charge in [0.2, 0.25) is 10.0 Å². The molecule has 0 bridgehead atoms. The van der Waals surface area contributed by atoms with E-state index in [1.54, 1.807) is 18.2 Å². The van der Waals surface area contributed by atoms with Crippen molar-refractivity contribution >= 4 is 38.1 Å². The number of carbonyl (C=O) groups excluding carboxylic acids is 1. The van der Waals surface area contributed by atoms with Crippen molar-refractivity contribution in [1.29, 1.82) is 0 Å². The molecule has 0 atom stereocenters. The van der Waals surface area contributed by atoms with Gasteiger partial charge in [0.1, 0.15) is 0 Å². The highest BCUT2D eigenvalue weighted by molar-refractivity contribution is 9.10. The normalized spacial score (nSPS) is 11.7. The molecule has 0 spiro atoms. The van der Waals surface area contributed by atoms with Crippen molar-refractivity contribution in [3.05, 3.63) is 101 Å². The van der Waals surface area contributed by atoms with Crippen molar-refractivity contribution in [2.45, 2.75) is 11.4 Å². The minimum absolute atomic E-state index is 0.0703. The third kappa shape index (κ3) is 6.09. The van der Waals surface area contributed by atoms with Crippen LogP contribution in [-0.2, 0) is 21.4 Å². The number of nitrogens with zero attached hydrogens (tertiary/aromatic N) is 2. The highest BCUT2D eigenvalue weighted by Gasteiger charge is 2.26. The van der Waals surface area contributed by atoms with Gasteiger partial charge in [0, 0.05) is 11.0 Å². The minimum Gasteiger partial charge on any atom is -0.272 e. The number of rotatable bonds is 8. The Bertz CT molecular complexity index is 1120. The average Bonchev–Trinajstić information content (AvgIpc) is 2.75. The Hall–Kier alpha value is -2.81. The highest BCUT2D eigenvalue weighted by Crippen LogP contribution is 2.18. The van der Waals surface area contributed by atoms with Crippen LogP contribution in [-0.4, -0.2) is 31.4 Å². The van der Waals surface area contributed by atoms with Gasteiger partial charge in [-0.25, -0.2) is 13.8 Å². The molecule has 0 unspecified atom stereocenters. The van der Waals surface area contributed by atoms with Crippen molar-refractivity contribution in [1.82, 2.24) is 9.73 Å². The number of sulfonamides is 1. The largest absolute Gasteiger partial charge is 0.272 e. The van der Waals surface area contributed by atoms with Crippen molar-refractivity contribution in [2.24, 2.45) is 5.10 Å². The molecule has 1 N–H and O–H groups in total. The molecule has 154 valence electrons. The molecule has 8 heteroatoms. The van der Waals surface area contributed by atoms with Gasteiger partial charge >= 0.3 is 0 Å². The fourth-order valence-electron chi connectivity index (χ4n) is 2.72. The third-order valence-corrected chi connectivity index (χ3v) is 6.45. The van der Waals surface area contributed by atoms with Crippen LogP contribution in [0.2, 0.25) is 0 Å². The van der Waals surface area contributed by atoms with E-state index in [0.29, 0.717) is 0 Å². The molecular formula is C22H20BrN3O3S. The summed E-state index contributed by atoms with van der Waals surface area (Å²) in [5.74, 6) is -0.531. The second-order valence-electron chi connectivity index (χ2n) is 6.42. The molecule has 0 aliphatic heterocycles. The van der Waals surface area contributed by atoms with Crippen molar-refractivity contribution in [2.75, 3.05) is 6.54 Å². The maximum atomic E-state index is 13.1. The number of hydrogen-bond acceptors (Lipinski definition) is 4. The first kappa shape index (κ1) is 21.9. The lowest BCUT2D eigenvalue weighted by Crippen LogP contribution is -2.39. The third-order valence-electron chi connectivity index (χ3n) is 4.15. The number of hydrazone groups is 1. The molecule has 0 radical (unpaired) electrons. The summed E-state index contributed by atoms with van der Waals surface area (Å²) < 4.78 is 28.2. The number of hydrogen-bond donors (Lipinski definition) is 1. The van der Waals surface area contributed by atoms with Crippen LogP contribution >= 0.6 is 15.9 Å². The van der Waals surface area contributed by atoms with Crippen LogP contribution in [0.15, 0.2) is 99.4 Å². The Balaban J connectivity index is 1.75. The second kappa shape index (κ2) is 10.3. The van der Waals surface area contributed by atoms with E-state index in [-0.39, 0.29) is 18.0 Å². The highest BCUT2D eigenvalue weighted by atomic mass is 79.9. The van der Waals surface area contributed by atoms with E-state index in [1.807, 2.05) is 54.6 Å². The van der Waals surface area contributed by atoms with Gasteiger partial charge < -0.3 is 0 Å². The van der Waals surface area contributed by atoms with E-state index < -0.39 is 15.9 Å². The smallest absolute Gasteiger partial charge is 0.255 e. The lowest BCUT2D eigenvalue weighted by molar-refractivity contribution is -0.121. The van der Waals surface area contributed by atoms with Crippen molar-refractivity contribution in [3.63, 3.8) is 0 Å². The van der Waals surface area contributed by atoms with Gasteiger partial charge in [-0.3, -0.25) is 4.79 Å². The van der Waals surface area contributed by atoms with E-state index in [0.717, 1.165) is 19.9 Å². The Morgan fingerprint density at radius 1 is 0.967 bits per heavy atom. The summed E-state index contributed by atoms with van der Waals surface area (Å²) in [6, 6.07) is 24.6. The van der Waals surface area contributed by atoms with Crippen LogP contribution in [0.4, 0.5) is 0 Å². The van der Waals surface area contributed by atoms with Gasteiger partial charge in [-0.2, -0.15) is 9.41 Å². The zero-order valence-electron chi connectivity index (χ0n) is 16.0. The molecule has 0 saturated heterocycles. The maximum Gasteiger partial charge on any atom is 0.255 e. The second-order valence-corrected chi connectivity index (χ2v) is 9.27. The standard InChI is InChI=1S/C22H20BrN3O3S/c23-20-11-7-10-19(14-20)15-24-25-22(27)17-26(16-18-8-3-1-4-9-18)30(28,29)21-12-5-2-6-13-21/h1-15H,16-17H2,(H,25,27)/b24-15+. The molecule has 0 aliphatic rings. The summed E-state index contributed by atoms with van der Waals surface area (Å²) in [4.78, 5) is 12.6. The van der Waals surface area contributed by atoms with Crippen molar-refractivity contribution < 1.29 is 13.2 Å². The van der Waals surface area contributed by atoms with Crippen LogP contribution in [0.5, 0.6) is 0 Å². The van der Waals surface area contributed by atoms with Crippen LogP contribution in [0.1, 0.15) is 11.1 Å². The SMILES string of the molecule is O=C(CN(Cc1ccccc1)S(=O)(=O)c1ccccc1)N/N=C/c1cccc(Br)c1.